The number of nitrogens with zero attached hydrogens (tertiary/aromatic N) is 1. The molecule has 112 valence electrons. The minimum Gasteiger partial charge on any atom is -0.493 e. The molecule has 1 heterocycles. The van der Waals surface area contributed by atoms with Gasteiger partial charge in [0.25, 0.3) is 0 Å². The second-order valence-corrected chi connectivity index (χ2v) is 5.71. The lowest BCUT2D eigenvalue weighted by molar-refractivity contribution is 0.0368. The van der Waals surface area contributed by atoms with Gasteiger partial charge in [-0.2, -0.15) is 0 Å². The minimum atomic E-state index is 0.814. The van der Waals surface area contributed by atoms with Crippen LogP contribution in [0.4, 0.5) is 0 Å². The van der Waals surface area contributed by atoms with Crippen molar-refractivity contribution < 1.29 is 9.47 Å². The van der Waals surface area contributed by atoms with Crippen LogP contribution < -0.4 is 4.74 Å². The summed E-state index contributed by atoms with van der Waals surface area (Å²) in [6, 6.07) is 4.35. The number of hydrogen-bond acceptors (Lipinski definition) is 3. The van der Waals surface area contributed by atoms with E-state index in [0.29, 0.717) is 0 Å². The molecule has 20 heavy (non-hydrogen) atoms. The van der Waals surface area contributed by atoms with Crippen LogP contribution >= 0.6 is 0 Å². The Morgan fingerprint density at radius 1 is 1.10 bits per heavy atom. The third kappa shape index (κ3) is 4.50. The first-order chi connectivity index (χ1) is 9.66. The molecule has 2 rings (SSSR count). The summed E-state index contributed by atoms with van der Waals surface area (Å²) < 4.78 is 11.3. The number of benzene rings is 1. The van der Waals surface area contributed by atoms with Crippen LogP contribution in [0.3, 0.4) is 0 Å². The first-order valence-corrected chi connectivity index (χ1v) is 7.67. The molecular formula is C17H27NO2. The quantitative estimate of drug-likeness (QED) is 0.746. The molecule has 0 aromatic heterocycles. The summed E-state index contributed by atoms with van der Waals surface area (Å²) in [6.07, 6.45) is 2.31. The topological polar surface area (TPSA) is 21.7 Å². The molecule has 0 amide bonds. The molecule has 1 aliphatic rings. The zero-order valence-corrected chi connectivity index (χ0v) is 13.1. The van der Waals surface area contributed by atoms with Crippen LogP contribution in [-0.4, -0.2) is 44.4 Å². The van der Waals surface area contributed by atoms with Gasteiger partial charge in [0.2, 0.25) is 0 Å². The summed E-state index contributed by atoms with van der Waals surface area (Å²) >= 11 is 0. The van der Waals surface area contributed by atoms with Crippen molar-refractivity contribution in [3.63, 3.8) is 0 Å². The Labute approximate surface area is 122 Å². The number of rotatable bonds is 6. The number of aryl methyl sites for hydroxylation is 2. The molecule has 0 bridgehead atoms. The fourth-order valence-corrected chi connectivity index (χ4v) is 2.60. The van der Waals surface area contributed by atoms with Crippen LogP contribution in [0.1, 0.15) is 29.5 Å². The van der Waals surface area contributed by atoms with E-state index in [-0.39, 0.29) is 0 Å². The normalized spacial score (nSPS) is 16.4. The Morgan fingerprint density at radius 3 is 2.60 bits per heavy atom. The van der Waals surface area contributed by atoms with Gasteiger partial charge in [0, 0.05) is 13.1 Å². The van der Waals surface area contributed by atoms with E-state index in [2.05, 4.69) is 37.8 Å². The Hall–Kier alpha value is -1.06. The van der Waals surface area contributed by atoms with Crippen molar-refractivity contribution in [1.29, 1.82) is 0 Å². The molecular weight excluding hydrogens is 250 g/mol. The van der Waals surface area contributed by atoms with Crippen molar-refractivity contribution in [2.75, 3.05) is 39.5 Å². The molecule has 0 unspecified atom stereocenters. The lowest BCUT2D eigenvalue weighted by Gasteiger charge is -2.26. The zero-order chi connectivity index (χ0) is 14.4. The molecule has 1 fully saturated rings. The summed E-state index contributed by atoms with van der Waals surface area (Å²) in [6.45, 7) is 12.3. The highest BCUT2D eigenvalue weighted by Gasteiger charge is 2.09. The smallest absolute Gasteiger partial charge is 0.122 e. The molecule has 0 radical (unpaired) electrons. The Bertz CT molecular complexity index is 425. The summed E-state index contributed by atoms with van der Waals surface area (Å²) in [7, 11) is 0. The van der Waals surface area contributed by atoms with Crippen LogP contribution in [0.15, 0.2) is 12.1 Å². The molecule has 1 aromatic carbocycles. The van der Waals surface area contributed by atoms with E-state index in [1.54, 1.807) is 0 Å². The van der Waals surface area contributed by atoms with Crippen LogP contribution in [0.5, 0.6) is 5.75 Å². The van der Waals surface area contributed by atoms with Gasteiger partial charge < -0.3 is 9.47 Å². The average molecular weight is 277 g/mol. The largest absolute Gasteiger partial charge is 0.493 e. The van der Waals surface area contributed by atoms with Crippen molar-refractivity contribution >= 4 is 0 Å². The maximum absolute atomic E-state index is 5.94. The molecule has 0 spiro atoms. The molecule has 1 aromatic rings. The van der Waals surface area contributed by atoms with Gasteiger partial charge in [-0.25, -0.2) is 0 Å². The molecule has 0 aliphatic carbocycles. The zero-order valence-electron chi connectivity index (χ0n) is 13.1. The lowest BCUT2D eigenvalue weighted by Crippen LogP contribution is -2.36. The highest BCUT2D eigenvalue weighted by Crippen LogP contribution is 2.23. The van der Waals surface area contributed by atoms with E-state index < -0.39 is 0 Å². The van der Waals surface area contributed by atoms with E-state index in [0.717, 1.165) is 45.1 Å². The number of morpholine rings is 1. The first-order valence-electron chi connectivity index (χ1n) is 7.67. The summed E-state index contributed by atoms with van der Waals surface area (Å²) in [5, 5.41) is 0. The third-order valence-corrected chi connectivity index (χ3v) is 3.99. The minimum absolute atomic E-state index is 0.814. The SMILES string of the molecule is Cc1cc(C)c(C)c(OCCCCN2CCOCC2)c1. The molecule has 0 N–H and O–H groups in total. The van der Waals surface area contributed by atoms with Gasteiger partial charge in [0.1, 0.15) is 5.75 Å². The number of ether oxygens (including phenoxy) is 2. The maximum atomic E-state index is 5.94. The van der Waals surface area contributed by atoms with Gasteiger partial charge in [0.15, 0.2) is 0 Å². The summed E-state index contributed by atoms with van der Waals surface area (Å²) in [4.78, 5) is 2.48. The van der Waals surface area contributed by atoms with Crippen molar-refractivity contribution in [3.8, 4) is 5.75 Å². The number of unbranched alkanes of at least 4 members (excludes halogenated alkanes) is 1. The average Bonchev–Trinajstić information content (AvgIpc) is 2.44. The molecule has 0 saturated carbocycles. The van der Waals surface area contributed by atoms with Gasteiger partial charge >= 0.3 is 0 Å². The molecule has 1 saturated heterocycles. The standard InChI is InChI=1S/C17H27NO2/c1-14-12-15(2)16(3)17(13-14)20-9-5-4-6-18-7-10-19-11-8-18/h12-13H,4-11H2,1-3H3. The van der Waals surface area contributed by atoms with E-state index in [1.807, 2.05) is 0 Å². The fraction of sp³-hybridized carbons (Fsp3) is 0.647. The van der Waals surface area contributed by atoms with Gasteiger partial charge in [-0.05, 0) is 62.9 Å². The molecule has 3 heteroatoms. The van der Waals surface area contributed by atoms with Gasteiger partial charge in [-0.1, -0.05) is 6.07 Å². The Balaban J connectivity index is 1.68. The maximum Gasteiger partial charge on any atom is 0.122 e. The van der Waals surface area contributed by atoms with E-state index in [4.69, 9.17) is 9.47 Å². The predicted octanol–water partition coefficient (Wildman–Crippen LogP) is 3.10. The van der Waals surface area contributed by atoms with Crippen molar-refractivity contribution in [2.45, 2.75) is 33.6 Å². The van der Waals surface area contributed by atoms with Crippen LogP contribution in [0, 0.1) is 20.8 Å². The Kier molecular flexibility index (Phi) is 5.86. The number of hydrogen-bond donors (Lipinski definition) is 0. The van der Waals surface area contributed by atoms with Crippen molar-refractivity contribution in [1.82, 2.24) is 4.90 Å². The lowest BCUT2D eigenvalue weighted by atomic mass is 10.1. The first kappa shape index (κ1) is 15.3. The van der Waals surface area contributed by atoms with Gasteiger partial charge in [-0.15, -0.1) is 0 Å². The van der Waals surface area contributed by atoms with E-state index >= 15 is 0 Å². The second kappa shape index (κ2) is 7.65. The monoisotopic (exact) mass is 277 g/mol. The van der Waals surface area contributed by atoms with Gasteiger partial charge in [-0.3, -0.25) is 4.90 Å². The molecule has 3 nitrogen and oxygen atoms in total. The molecule has 0 atom stereocenters. The van der Waals surface area contributed by atoms with Crippen LogP contribution in [-0.2, 0) is 4.74 Å². The van der Waals surface area contributed by atoms with Gasteiger partial charge in [0.05, 0.1) is 19.8 Å². The summed E-state index contributed by atoms with van der Waals surface area (Å²) in [5.41, 5.74) is 3.86. The highest BCUT2D eigenvalue weighted by atomic mass is 16.5. The fourth-order valence-electron chi connectivity index (χ4n) is 2.60. The summed E-state index contributed by atoms with van der Waals surface area (Å²) in [5.74, 6) is 1.05. The predicted molar refractivity (Wildman–Crippen MR) is 82.6 cm³/mol. The van der Waals surface area contributed by atoms with E-state index in [9.17, 15) is 0 Å². The second-order valence-electron chi connectivity index (χ2n) is 5.71. The molecule has 1 aliphatic heterocycles. The van der Waals surface area contributed by atoms with E-state index in [1.165, 1.54) is 29.7 Å². The third-order valence-electron chi connectivity index (χ3n) is 3.99. The van der Waals surface area contributed by atoms with Crippen LogP contribution in [0.2, 0.25) is 0 Å². The van der Waals surface area contributed by atoms with Crippen LogP contribution in [0.25, 0.3) is 0 Å². The van der Waals surface area contributed by atoms with Crippen molar-refractivity contribution in [2.24, 2.45) is 0 Å². The Morgan fingerprint density at radius 2 is 1.85 bits per heavy atom. The highest BCUT2D eigenvalue weighted by molar-refractivity contribution is 5.41. The van der Waals surface area contributed by atoms with Crippen molar-refractivity contribution in [3.05, 3.63) is 28.8 Å².